The Morgan fingerprint density at radius 1 is 1.29 bits per heavy atom. The van der Waals surface area contributed by atoms with Crippen molar-refractivity contribution in [3.8, 4) is 5.75 Å². The number of hydrogen-bond acceptors (Lipinski definition) is 3. The SMILES string of the molecule is Clc1cc(C2CNc3ccccc3O2)c(Cl)s1. The van der Waals surface area contributed by atoms with Gasteiger partial charge in [0.25, 0.3) is 0 Å². The van der Waals surface area contributed by atoms with Gasteiger partial charge >= 0.3 is 0 Å². The lowest BCUT2D eigenvalue weighted by Gasteiger charge is -2.27. The highest BCUT2D eigenvalue weighted by Crippen LogP contribution is 2.40. The lowest BCUT2D eigenvalue weighted by Crippen LogP contribution is -2.23. The average Bonchev–Trinajstić information content (AvgIpc) is 2.68. The fourth-order valence-corrected chi connectivity index (χ4v) is 3.42. The Morgan fingerprint density at radius 3 is 2.88 bits per heavy atom. The molecule has 0 saturated carbocycles. The summed E-state index contributed by atoms with van der Waals surface area (Å²) in [6, 6.07) is 9.73. The van der Waals surface area contributed by atoms with Gasteiger partial charge in [0.1, 0.15) is 16.2 Å². The van der Waals surface area contributed by atoms with E-state index >= 15 is 0 Å². The number of ether oxygens (including phenoxy) is 1. The fourth-order valence-electron chi connectivity index (χ4n) is 1.86. The van der Waals surface area contributed by atoms with Gasteiger partial charge in [0, 0.05) is 5.56 Å². The Balaban J connectivity index is 1.92. The van der Waals surface area contributed by atoms with E-state index < -0.39 is 0 Å². The zero-order valence-electron chi connectivity index (χ0n) is 8.74. The number of nitrogens with one attached hydrogen (secondary N) is 1. The van der Waals surface area contributed by atoms with E-state index in [2.05, 4.69) is 5.32 Å². The van der Waals surface area contributed by atoms with Gasteiger partial charge in [-0.05, 0) is 18.2 Å². The maximum Gasteiger partial charge on any atom is 0.143 e. The maximum atomic E-state index is 6.13. The number of thiophene rings is 1. The first-order valence-corrected chi connectivity index (χ1v) is 6.75. The number of benzene rings is 1. The van der Waals surface area contributed by atoms with Gasteiger partial charge in [0.15, 0.2) is 0 Å². The van der Waals surface area contributed by atoms with Crippen molar-refractivity contribution in [1.29, 1.82) is 0 Å². The van der Waals surface area contributed by atoms with Gasteiger partial charge in [0.05, 0.1) is 16.6 Å². The third-order valence-electron chi connectivity index (χ3n) is 2.66. The van der Waals surface area contributed by atoms with E-state index in [0.717, 1.165) is 17.0 Å². The fraction of sp³-hybridized carbons (Fsp3) is 0.167. The van der Waals surface area contributed by atoms with Crippen LogP contribution >= 0.6 is 34.5 Å². The highest BCUT2D eigenvalue weighted by molar-refractivity contribution is 7.20. The molecule has 1 aliphatic rings. The summed E-state index contributed by atoms with van der Waals surface area (Å²) in [6.07, 6.45) is -0.0823. The molecular formula is C12H9Cl2NOS. The number of para-hydroxylation sites is 2. The maximum absolute atomic E-state index is 6.13. The first-order valence-electron chi connectivity index (χ1n) is 5.18. The van der Waals surface area contributed by atoms with Crippen molar-refractivity contribution in [1.82, 2.24) is 0 Å². The van der Waals surface area contributed by atoms with Crippen molar-refractivity contribution >= 4 is 40.2 Å². The van der Waals surface area contributed by atoms with Crippen LogP contribution in [0, 0.1) is 0 Å². The molecule has 0 aliphatic carbocycles. The van der Waals surface area contributed by atoms with Crippen molar-refractivity contribution in [3.63, 3.8) is 0 Å². The second-order valence-corrected chi connectivity index (χ2v) is 6.05. The van der Waals surface area contributed by atoms with Crippen molar-refractivity contribution in [2.45, 2.75) is 6.10 Å². The largest absolute Gasteiger partial charge is 0.482 e. The molecule has 1 N–H and O–H groups in total. The molecule has 0 spiro atoms. The third kappa shape index (κ3) is 2.10. The minimum Gasteiger partial charge on any atom is -0.482 e. The minimum absolute atomic E-state index is 0.0823. The van der Waals surface area contributed by atoms with Gasteiger partial charge in [-0.15, -0.1) is 11.3 Å². The van der Waals surface area contributed by atoms with Gasteiger partial charge in [-0.25, -0.2) is 0 Å². The Kier molecular flexibility index (Phi) is 2.90. The molecule has 0 amide bonds. The number of rotatable bonds is 1. The lowest BCUT2D eigenvalue weighted by atomic mass is 10.1. The lowest BCUT2D eigenvalue weighted by molar-refractivity contribution is 0.211. The second-order valence-electron chi connectivity index (χ2n) is 3.76. The van der Waals surface area contributed by atoms with E-state index in [4.69, 9.17) is 27.9 Å². The monoisotopic (exact) mass is 285 g/mol. The molecule has 1 unspecified atom stereocenters. The molecule has 1 aromatic carbocycles. The first-order chi connectivity index (χ1) is 8.24. The minimum atomic E-state index is -0.0823. The Morgan fingerprint density at radius 2 is 2.12 bits per heavy atom. The molecule has 2 aromatic rings. The van der Waals surface area contributed by atoms with Crippen molar-refractivity contribution in [2.24, 2.45) is 0 Å². The summed E-state index contributed by atoms with van der Waals surface area (Å²) in [4.78, 5) is 0. The zero-order chi connectivity index (χ0) is 11.8. The summed E-state index contributed by atoms with van der Waals surface area (Å²) in [7, 11) is 0. The first kappa shape index (κ1) is 11.2. The molecule has 0 radical (unpaired) electrons. The molecule has 2 heterocycles. The summed E-state index contributed by atoms with van der Waals surface area (Å²) < 4.78 is 7.30. The summed E-state index contributed by atoms with van der Waals surface area (Å²) >= 11 is 13.4. The normalized spacial score (nSPS) is 18.1. The predicted molar refractivity (Wildman–Crippen MR) is 72.6 cm³/mol. The topological polar surface area (TPSA) is 21.3 Å². The van der Waals surface area contributed by atoms with Gasteiger partial charge in [-0.3, -0.25) is 0 Å². The molecular weight excluding hydrogens is 277 g/mol. The van der Waals surface area contributed by atoms with Crippen LogP contribution in [0.5, 0.6) is 5.75 Å². The summed E-state index contributed by atoms with van der Waals surface area (Å²) in [5.74, 6) is 0.849. The van der Waals surface area contributed by atoms with Crippen LogP contribution in [0.2, 0.25) is 8.67 Å². The summed E-state index contributed by atoms with van der Waals surface area (Å²) in [5, 5.41) is 3.33. The highest BCUT2D eigenvalue weighted by atomic mass is 35.5. The second kappa shape index (κ2) is 4.41. The molecule has 5 heteroatoms. The van der Waals surface area contributed by atoms with Crippen LogP contribution in [0.3, 0.4) is 0 Å². The van der Waals surface area contributed by atoms with E-state index in [9.17, 15) is 0 Å². The molecule has 1 aromatic heterocycles. The number of fused-ring (bicyclic) bond motifs is 1. The molecule has 17 heavy (non-hydrogen) atoms. The molecule has 0 saturated heterocycles. The van der Waals surface area contributed by atoms with E-state index in [1.54, 1.807) is 0 Å². The molecule has 1 aliphatic heterocycles. The number of halogens is 2. The van der Waals surface area contributed by atoms with Gasteiger partial charge < -0.3 is 10.1 Å². The Hall–Kier alpha value is -0.900. The standard InChI is InChI=1S/C12H9Cl2NOS/c13-11-5-7(12(14)17-11)10-6-15-8-3-1-2-4-9(8)16-10/h1-5,10,15H,6H2. The predicted octanol–water partition coefficient (Wildman–Crippen LogP) is 4.60. The van der Waals surface area contributed by atoms with Gasteiger partial charge in [-0.1, -0.05) is 35.3 Å². The molecule has 3 rings (SSSR count). The van der Waals surface area contributed by atoms with E-state index in [1.807, 2.05) is 30.3 Å². The van der Waals surface area contributed by atoms with Crippen LogP contribution in [0.25, 0.3) is 0 Å². The van der Waals surface area contributed by atoms with Crippen LogP contribution in [-0.2, 0) is 0 Å². The van der Waals surface area contributed by atoms with Crippen LogP contribution < -0.4 is 10.1 Å². The van der Waals surface area contributed by atoms with Crippen LogP contribution in [0.1, 0.15) is 11.7 Å². The third-order valence-corrected chi connectivity index (χ3v) is 4.18. The summed E-state index contributed by atoms with van der Waals surface area (Å²) in [6.45, 7) is 0.698. The Bertz CT molecular complexity index is 555. The van der Waals surface area contributed by atoms with Crippen molar-refractivity contribution in [3.05, 3.63) is 44.6 Å². The highest BCUT2D eigenvalue weighted by Gasteiger charge is 2.24. The zero-order valence-corrected chi connectivity index (χ0v) is 11.1. The van der Waals surface area contributed by atoms with Crippen molar-refractivity contribution < 1.29 is 4.74 Å². The number of hydrogen-bond donors (Lipinski definition) is 1. The molecule has 88 valence electrons. The van der Waals surface area contributed by atoms with E-state index in [1.165, 1.54) is 11.3 Å². The molecule has 0 bridgehead atoms. The smallest absolute Gasteiger partial charge is 0.143 e. The average molecular weight is 286 g/mol. The van der Waals surface area contributed by atoms with Crippen molar-refractivity contribution in [2.75, 3.05) is 11.9 Å². The van der Waals surface area contributed by atoms with Crippen LogP contribution in [0.15, 0.2) is 30.3 Å². The van der Waals surface area contributed by atoms with E-state index in [0.29, 0.717) is 15.2 Å². The molecule has 0 fully saturated rings. The Labute approximate surface area is 113 Å². The summed E-state index contributed by atoms with van der Waals surface area (Å²) in [5.41, 5.74) is 1.96. The number of anilines is 1. The van der Waals surface area contributed by atoms with Gasteiger partial charge in [0.2, 0.25) is 0 Å². The van der Waals surface area contributed by atoms with Crippen LogP contribution in [-0.4, -0.2) is 6.54 Å². The molecule has 1 atom stereocenters. The quantitative estimate of drug-likeness (QED) is 0.827. The van der Waals surface area contributed by atoms with E-state index in [-0.39, 0.29) is 6.10 Å². The van der Waals surface area contributed by atoms with Crippen LogP contribution in [0.4, 0.5) is 5.69 Å². The molecule has 2 nitrogen and oxygen atoms in total. The van der Waals surface area contributed by atoms with Gasteiger partial charge in [-0.2, -0.15) is 0 Å².